The summed E-state index contributed by atoms with van der Waals surface area (Å²) in [5.74, 6) is 0.880. The Balaban J connectivity index is 1.52. The molecule has 5 nitrogen and oxygen atoms in total. The molecule has 3 rings (SSSR count). The van der Waals surface area contributed by atoms with Crippen LogP contribution in [-0.2, 0) is 0 Å². The first-order valence-electron chi connectivity index (χ1n) is 7.05. The molecule has 1 aromatic carbocycles. The summed E-state index contributed by atoms with van der Waals surface area (Å²) >= 11 is 0. The average molecular weight is 272 g/mol. The van der Waals surface area contributed by atoms with Crippen LogP contribution in [-0.4, -0.2) is 66.1 Å². The minimum absolute atomic E-state index is 0.723. The van der Waals surface area contributed by atoms with Crippen molar-refractivity contribution in [2.75, 3.05) is 46.4 Å². The van der Waals surface area contributed by atoms with Crippen molar-refractivity contribution < 1.29 is 4.74 Å². The molecule has 0 amide bonds. The Morgan fingerprint density at radius 2 is 2.05 bits per heavy atom. The number of hydrogen-bond donors (Lipinski definition) is 0. The fourth-order valence-corrected chi connectivity index (χ4v) is 2.41. The molecule has 0 radical (unpaired) electrons. The molecule has 5 heteroatoms. The Kier molecular flexibility index (Phi) is 4.08. The van der Waals surface area contributed by atoms with Gasteiger partial charge in [-0.15, -0.1) is 0 Å². The maximum Gasteiger partial charge on any atom is 0.121 e. The predicted octanol–water partition coefficient (Wildman–Crippen LogP) is 1.26. The topological polar surface area (TPSA) is 41.5 Å². The number of likely N-dealkylation sites (N-methyl/N-ethyl adjacent to an activating group) is 1. The van der Waals surface area contributed by atoms with E-state index in [1.165, 1.54) is 0 Å². The molecule has 2 heterocycles. The van der Waals surface area contributed by atoms with Gasteiger partial charge in [-0.1, -0.05) is 0 Å². The van der Waals surface area contributed by atoms with E-state index >= 15 is 0 Å². The molecule has 0 atom stereocenters. The zero-order valence-electron chi connectivity index (χ0n) is 11.8. The van der Waals surface area contributed by atoms with Gasteiger partial charge in [-0.05, 0) is 19.2 Å². The molecular formula is C15H20N4O. The third-order valence-corrected chi connectivity index (χ3v) is 3.75. The lowest BCUT2D eigenvalue weighted by molar-refractivity contribution is 0.134. The van der Waals surface area contributed by atoms with Crippen molar-refractivity contribution in [2.45, 2.75) is 0 Å². The van der Waals surface area contributed by atoms with Crippen molar-refractivity contribution >= 4 is 10.9 Å². The molecule has 2 aromatic rings. The number of hydrogen-bond acceptors (Lipinski definition) is 5. The van der Waals surface area contributed by atoms with Gasteiger partial charge in [0.1, 0.15) is 18.7 Å². The van der Waals surface area contributed by atoms with Crippen LogP contribution in [0.4, 0.5) is 0 Å². The van der Waals surface area contributed by atoms with Crippen LogP contribution >= 0.6 is 0 Å². The third kappa shape index (κ3) is 3.23. The number of benzene rings is 1. The van der Waals surface area contributed by atoms with Crippen LogP contribution in [0.15, 0.2) is 30.7 Å². The van der Waals surface area contributed by atoms with Crippen LogP contribution in [0.5, 0.6) is 5.75 Å². The lowest BCUT2D eigenvalue weighted by Gasteiger charge is -2.32. The van der Waals surface area contributed by atoms with E-state index in [0.29, 0.717) is 0 Å². The molecule has 1 saturated heterocycles. The molecule has 0 N–H and O–H groups in total. The summed E-state index contributed by atoms with van der Waals surface area (Å²) in [6.45, 7) is 6.26. The van der Waals surface area contributed by atoms with Gasteiger partial charge in [0.2, 0.25) is 0 Å². The van der Waals surface area contributed by atoms with E-state index in [2.05, 4.69) is 26.8 Å². The zero-order chi connectivity index (χ0) is 13.8. The molecule has 1 aliphatic rings. The first kappa shape index (κ1) is 13.3. The maximum absolute atomic E-state index is 5.83. The number of piperazine rings is 1. The summed E-state index contributed by atoms with van der Waals surface area (Å²) in [7, 11) is 2.17. The molecule has 20 heavy (non-hydrogen) atoms. The summed E-state index contributed by atoms with van der Waals surface area (Å²) in [5, 5.41) is 1.04. The Bertz CT molecular complexity index is 567. The van der Waals surface area contributed by atoms with Gasteiger partial charge in [0, 0.05) is 50.4 Å². The van der Waals surface area contributed by atoms with E-state index in [9.17, 15) is 0 Å². The Labute approximate surface area is 119 Å². The molecule has 0 aliphatic carbocycles. The Hall–Kier alpha value is -1.72. The number of fused-ring (bicyclic) bond motifs is 1. The van der Waals surface area contributed by atoms with E-state index in [1.807, 2.05) is 24.4 Å². The summed E-state index contributed by atoms with van der Waals surface area (Å²) in [5.41, 5.74) is 0.928. The molecule has 0 saturated carbocycles. The molecular weight excluding hydrogens is 252 g/mol. The highest BCUT2D eigenvalue weighted by Gasteiger charge is 2.13. The second-order valence-corrected chi connectivity index (χ2v) is 5.24. The smallest absolute Gasteiger partial charge is 0.121 e. The standard InChI is InChI=1S/C15H20N4O/c1-18-4-6-19(7-5-18)8-9-20-14-3-2-13-11-16-12-17-15(13)10-14/h2-3,10-12H,4-9H2,1H3. The number of ether oxygens (including phenoxy) is 1. The highest BCUT2D eigenvalue weighted by Crippen LogP contribution is 2.17. The van der Waals surface area contributed by atoms with Gasteiger partial charge in [0.15, 0.2) is 0 Å². The summed E-state index contributed by atoms with van der Waals surface area (Å²) in [6, 6.07) is 5.96. The Morgan fingerprint density at radius 1 is 1.20 bits per heavy atom. The predicted molar refractivity (Wildman–Crippen MR) is 79.0 cm³/mol. The highest BCUT2D eigenvalue weighted by molar-refractivity contribution is 5.78. The van der Waals surface area contributed by atoms with Gasteiger partial charge in [0.25, 0.3) is 0 Å². The van der Waals surface area contributed by atoms with Crippen LogP contribution < -0.4 is 4.74 Å². The molecule has 106 valence electrons. The fourth-order valence-electron chi connectivity index (χ4n) is 2.41. The van der Waals surface area contributed by atoms with Gasteiger partial charge in [0.05, 0.1) is 5.52 Å². The van der Waals surface area contributed by atoms with Crippen LogP contribution in [0, 0.1) is 0 Å². The van der Waals surface area contributed by atoms with Gasteiger partial charge in [-0.25, -0.2) is 9.97 Å². The van der Waals surface area contributed by atoms with Gasteiger partial charge >= 0.3 is 0 Å². The zero-order valence-corrected chi connectivity index (χ0v) is 11.8. The minimum atomic E-state index is 0.723. The SMILES string of the molecule is CN1CCN(CCOc2ccc3cncnc3c2)CC1. The monoisotopic (exact) mass is 272 g/mol. The van der Waals surface area contributed by atoms with E-state index < -0.39 is 0 Å². The normalized spacial score (nSPS) is 17.4. The first-order valence-corrected chi connectivity index (χ1v) is 7.05. The number of nitrogens with zero attached hydrogens (tertiary/aromatic N) is 4. The van der Waals surface area contributed by atoms with Crippen molar-refractivity contribution in [1.82, 2.24) is 19.8 Å². The van der Waals surface area contributed by atoms with Crippen molar-refractivity contribution in [3.63, 3.8) is 0 Å². The van der Waals surface area contributed by atoms with Crippen molar-refractivity contribution in [3.8, 4) is 5.75 Å². The average Bonchev–Trinajstić information content (AvgIpc) is 2.49. The van der Waals surface area contributed by atoms with Crippen LogP contribution in [0.25, 0.3) is 10.9 Å². The summed E-state index contributed by atoms with van der Waals surface area (Å²) in [6.07, 6.45) is 3.38. The number of aromatic nitrogens is 2. The van der Waals surface area contributed by atoms with Crippen molar-refractivity contribution in [2.24, 2.45) is 0 Å². The largest absolute Gasteiger partial charge is 0.492 e. The van der Waals surface area contributed by atoms with Crippen molar-refractivity contribution in [1.29, 1.82) is 0 Å². The summed E-state index contributed by atoms with van der Waals surface area (Å²) in [4.78, 5) is 13.1. The lowest BCUT2D eigenvalue weighted by atomic mass is 10.2. The van der Waals surface area contributed by atoms with Gasteiger partial charge < -0.3 is 9.64 Å². The first-order chi connectivity index (χ1) is 9.81. The molecule has 1 aromatic heterocycles. The molecule has 1 fully saturated rings. The third-order valence-electron chi connectivity index (χ3n) is 3.75. The highest BCUT2D eigenvalue weighted by atomic mass is 16.5. The van der Waals surface area contributed by atoms with Gasteiger partial charge in [-0.2, -0.15) is 0 Å². The van der Waals surface area contributed by atoms with E-state index in [4.69, 9.17) is 4.74 Å². The van der Waals surface area contributed by atoms with E-state index in [0.717, 1.165) is 56.0 Å². The summed E-state index contributed by atoms with van der Waals surface area (Å²) < 4.78 is 5.83. The van der Waals surface area contributed by atoms with Gasteiger partial charge in [-0.3, -0.25) is 4.90 Å². The van der Waals surface area contributed by atoms with E-state index in [1.54, 1.807) is 6.33 Å². The second kappa shape index (κ2) is 6.15. The quantitative estimate of drug-likeness (QED) is 0.838. The fraction of sp³-hybridized carbons (Fsp3) is 0.467. The minimum Gasteiger partial charge on any atom is -0.492 e. The molecule has 1 aliphatic heterocycles. The second-order valence-electron chi connectivity index (χ2n) is 5.24. The Morgan fingerprint density at radius 3 is 2.90 bits per heavy atom. The van der Waals surface area contributed by atoms with Crippen molar-refractivity contribution in [3.05, 3.63) is 30.7 Å². The lowest BCUT2D eigenvalue weighted by Crippen LogP contribution is -2.45. The van der Waals surface area contributed by atoms with Crippen LogP contribution in [0.2, 0.25) is 0 Å². The maximum atomic E-state index is 5.83. The van der Waals surface area contributed by atoms with Crippen LogP contribution in [0.3, 0.4) is 0 Å². The molecule has 0 unspecified atom stereocenters. The molecule has 0 bridgehead atoms. The van der Waals surface area contributed by atoms with Crippen LogP contribution in [0.1, 0.15) is 0 Å². The van der Waals surface area contributed by atoms with E-state index in [-0.39, 0.29) is 0 Å². The number of rotatable bonds is 4. The molecule has 0 spiro atoms.